The van der Waals surface area contributed by atoms with E-state index in [-0.39, 0.29) is 18.0 Å². The van der Waals surface area contributed by atoms with E-state index in [1.807, 2.05) is 18.2 Å². The molecule has 0 aliphatic rings. The predicted octanol–water partition coefficient (Wildman–Crippen LogP) is 9.15. The number of carboxylic acids is 1. The molecule has 0 spiro atoms. The number of nitrogens with zero attached hydrogens (tertiary/aromatic N) is 1. The highest BCUT2D eigenvalue weighted by Gasteiger charge is 2.29. The average Bonchev–Trinajstić information content (AvgIpc) is 2.97. The van der Waals surface area contributed by atoms with Crippen LogP contribution >= 0.6 is 11.6 Å². The molecule has 0 atom stereocenters. The van der Waals surface area contributed by atoms with Gasteiger partial charge in [-0.2, -0.15) is 0 Å². The summed E-state index contributed by atoms with van der Waals surface area (Å²) in [6.07, 6.45) is 5.31. The van der Waals surface area contributed by atoms with Crippen LogP contribution in [0, 0.1) is 0 Å². The zero-order valence-corrected chi connectivity index (χ0v) is 27.7. The van der Waals surface area contributed by atoms with Crippen molar-refractivity contribution >= 4 is 29.3 Å². The highest BCUT2D eigenvalue weighted by atomic mass is 35.5. The number of aliphatic carboxylic acids is 1. The van der Waals surface area contributed by atoms with E-state index in [1.165, 1.54) is 25.8 Å². The van der Waals surface area contributed by atoms with Gasteiger partial charge in [-0.15, -0.1) is 0 Å². The van der Waals surface area contributed by atoms with E-state index in [1.54, 1.807) is 29.2 Å². The molecule has 8 heteroatoms. The van der Waals surface area contributed by atoms with Crippen molar-refractivity contribution in [3.63, 3.8) is 0 Å². The molecule has 0 bridgehead atoms. The molecule has 7 nitrogen and oxygen atoms in total. The molecule has 44 heavy (non-hydrogen) atoms. The molecule has 0 radical (unpaired) electrons. The standard InChI is InChI=1S/C36H47ClN2O5/c1-7-8-9-10-11-22-39(34(42)38-24-26-14-19-30(20-15-26)44-36(5,6)33(40)41)31-21-18-29(37)23-32(31)43-25-27-12-16-28(17-13-27)35(2,3)4/h12-21,23H,7-11,22,24-25H2,1-6H3,(H,38,42)(H,40,41). The number of rotatable bonds is 15. The van der Waals surface area contributed by atoms with E-state index in [0.29, 0.717) is 35.4 Å². The van der Waals surface area contributed by atoms with Crippen LogP contribution in [0.1, 0.15) is 90.3 Å². The summed E-state index contributed by atoms with van der Waals surface area (Å²) in [7, 11) is 0. The predicted molar refractivity (Wildman–Crippen MR) is 178 cm³/mol. The molecular formula is C36H47ClN2O5. The van der Waals surface area contributed by atoms with Crippen LogP contribution in [0.25, 0.3) is 0 Å². The Kier molecular flexibility index (Phi) is 12.5. The van der Waals surface area contributed by atoms with Crippen LogP contribution in [0.5, 0.6) is 11.5 Å². The van der Waals surface area contributed by atoms with Gasteiger partial charge in [-0.3, -0.25) is 4.90 Å². The van der Waals surface area contributed by atoms with Gasteiger partial charge >= 0.3 is 12.0 Å². The van der Waals surface area contributed by atoms with E-state index in [9.17, 15) is 14.7 Å². The van der Waals surface area contributed by atoms with Crippen LogP contribution in [-0.4, -0.2) is 29.3 Å². The lowest BCUT2D eigenvalue weighted by molar-refractivity contribution is -0.152. The van der Waals surface area contributed by atoms with Gasteiger partial charge in [0, 0.05) is 24.2 Å². The molecule has 0 aliphatic carbocycles. The molecule has 0 saturated heterocycles. The zero-order chi connectivity index (χ0) is 32.3. The summed E-state index contributed by atoms with van der Waals surface area (Å²) in [4.78, 5) is 26.8. The number of urea groups is 1. The van der Waals surface area contributed by atoms with Crippen LogP contribution in [0.2, 0.25) is 5.02 Å². The van der Waals surface area contributed by atoms with Crippen molar-refractivity contribution in [1.29, 1.82) is 0 Å². The fraction of sp³-hybridized carbons (Fsp3) is 0.444. The third-order valence-electron chi connectivity index (χ3n) is 7.41. The Labute approximate surface area is 267 Å². The minimum atomic E-state index is -1.35. The van der Waals surface area contributed by atoms with Crippen LogP contribution in [-0.2, 0) is 23.4 Å². The summed E-state index contributed by atoms with van der Waals surface area (Å²) >= 11 is 6.38. The third-order valence-corrected chi connectivity index (χ3v) is 7.65. The largest absolute Gasteiger partial charge is 0.487 e. The van der Waals surface area contributed by atoms with Crippen LogP contribution < -0.4 is 19.7 Å². The first-order valence-electron chi connectivity index (χ1n) is 15.4. The number of ether oxygens (including phenoxy) is 2. The number of nitrogens with one attached hydrogen (secondary N) is 1. The third kappa shape index (κ3) is 10.5. The molecule has 0 saturated carbocycles. The average molecular weight is 623 g/mol. The fourth-order valence-corrected chi connectivity index (χ4v) is 4.74. The van der Waals surface area contributed by atoms with Crippen molar-refractivity contribution in [2.75, 3.05) is 11.4 Å². The van der Waals surface area contributed by atoms with E-state index >= 15 is 0 Å². The smallest absolute Gasteiger partial charge is 0.347 e. The number of anilines is 1. The molecule has 0 heterocycles. The molecule has 0 aliphatic heterocycles. The quantitative estimate of drug-likeness (QED) is 0.165. The Balaban J connectivity index is 1.75. The molecule has 2 amide bonds. The van der Waals surface area contributed by atoms with Gasteiger partial charge in [0.25, 0.3) is 0 Å². The van der Waals surface area contributed by atoms with Crippen molar-refractivity contribution in [3.05, 3.63) is 88.4 Å². The summed E-state index contributed by atoms with van der Waals surface area (Å²) in [6.45, 7) is 12.9. The van der Waals surface area contributed by atoms with E-state index < -0.39 is 11.6 Å². The molecule has 0 fully saturated rings. The van der Waals surface area contributed by atoms with Crippen molar-refractivity contribution in [1.82, 2.24) is 5.32 Å². The number of unbranched alkanes of at least 4 members (excludes halogenated alkanes) is 4. The van der Waals surface area contributed by atoms with Gasteiger partial charge in [0.2, 0.25) is 0 Å². The molecule has 0 unspecified atom stereocenters. The van der Waals surface area contributed by atoms with Gasteiger partial charge in [0.05, 0.1) is 5.69 Å². The number of hydrogen-bond acceptors (Lipinski definition) is 4. The number of carbonyl (C=O) groups excluding carboxylic acids is 1. The molecule has 3 aromatic rings. The Morgan fingerprint density at radius 3 is 2.11 bits per heavy atom. The number of benzene rings is 3. The topological polar surface area (TPSA) is 88.1 Å². The fourth-order valence-electron chi connectivity index (χ4n) is 4.58. The number of halogens is 1. The van der Waals surface area contributed by atoms with E-state index in [2.05, 4.69) is 57.3 Å². The SMILES string of the molecule is CCCCCCCN(C(=O)NCc1ccc(OC(C)(C)C(=O)O)cc1)c1ccc(Cl)cc1OCc1ccc(C(C)(C)C)cc1. The van der Waals surface area contributed by atoms with E-state index in [0.717, 1.165) is 36.8 Å². The molecular weight excluding hydrogens is 576 g/mol. The second-order valence-corrected chi connectivity index (χ2v) is 13.1. The Bertz CT molecular complexity index is 1360. The maximum absolute atomic E-state index is 13.6. The lowest BCUT2D eigenvalue weighted by Crippen LogP contribution is -2.40. The highest BCUT2D eigenvalue weighted by Crippen LogP contribution is 2.33. The van der Waals surface area contributed by atoms with Crippen LogP contribution in [0.15, 0.2) is 66.7 Å². The Morgan fingerprint density at radius 2 is 1.50 bits per heavy atom. The summed E-state index contributed by atoms with van der Waals surface area (Å²) in [5.74, 6) is -0.0616. The number of carbonyl (C=O) groups is 2. The van der Waals surface area contributed by atoms with Gasteiger partial charge in [-0.25, -0.2) is 9.59 Å². The molecule has 238 valence electrons. The summed E-state index contributed by atoms with van der Waals surface area (Å²) in [5, 5.41) is 12.9. The lowest BCUT2D eigenvalue weighted by Gasteiger charge is -2.26. The van der Waals surface area contributed by atoms with Gasteiger partial charge < -0.3 is 19.9 Å². The number of amides is 2. The lowest BCUT2D eigenvalue weighted by atomic mass is 9.87. The van der Waals surface area contributed by atoms with Crippen molar-refractivity contribution < 1.29 is 24.2 Å². The first-order valence-corrected chi connectivity index (χ1v) is 15.8. The summed E-state index contributed by atoms with van der Waals surface area (Å²) in [6, 6.07) is 20.5. The van der Waals surface area contributed by atoms with Crippen LogP contribution in [0.4, 0.5) is 10.5 Å². The molecule has 2 N–H and O–H groups in total. The van der Waals surface area contributed by atoms with Gasteiger partial charge in [-0.1, -0.05) is 101 Å². The minimum absolute atomic E-state index is 0.0670. The summed E-state index contributed by atoms with van der Waals surface area (Å²) < 4.78 is 11.9. The van der Waals surface area contributed by atoms with Crippen molar-refractivity contribution in [3.8, 4) is 11.5 Å². The monoisotopic (exact) mass is 622 g/mol. The summed E-state index contributed by atoms with van der Waals surface area (Å²) in [5.41, 5.74) is 2.51. The molecule has 3 aromatic carbocycles. The Hall–Kier alpha value is -3.71. The molecule has 0 aromatic heterocycles. The van der Waals surface area contributed by atoms with E-state index in [4.69, 9.17) is 21.1 Å². The zero-order valence-electron chi connectivity index (χ0n) is 26.9. The number of hydrogen-bond donors (Lipinski definition) is 2. The normalized spacial score (nSPS) is 11.6. The first kappa shape index (κ1) is 34.8. The molecule has 3 rings (SSSR count). The van der Waals surface area contributed by atoms with Gasteiger partial charge in [0.1, 0.15) is 18.1 Å². The van der Waals surface area contributed by atoms with Gasteiger partial charge in [0.15, 0.2) is 5.60 Å². The second-order valence-electron chi connectivity index (χ2n) is 12.6. The maximum Gasteiger partial charge on any atom is 0.347 e. The minimum Gasteiger partial charge on any atom is -0.487 e. The van der Waals surface area contributed by atoms with Gasteiger partial charge in [-0.05, 0) is 66.6 Å². The maximum atomic E-state index is 13.6. The Morgan fingerprint density at radius 1 is 0.864 bits per heavy atom. The second kappa shape index (κ2) is 15.8. The number of carboxylic acid groups (broad SMARTS) is 1. The van der Waals surface area contributed by atoms with Crippen LogP contribution in [0.3, 0.4) is 0 Å². The van der Waals surface area contributed by atoms with Crippen molar-refractivity contribution in [2.24, 2.45) is 0 Å². The van der Waals surface area contributed by atoms with Crippen molar-refractivity contribution in [2.45, 2.75) is 97.8 Å². The first-order chi connectivity index (χ1) is 20.8. The highest BCUT2D eigenvalue weighted by molar-refractivity contribution is 6.30.